The van der Waals surface area contributed by atoms with Gasteiger partial charge in [0, 0.05) is 12.4 Å². The van der Waals surface area contributed by atoms with Crippen molar-refractivity contribution < 1.29 is 9.15 Å². The first-order valence-corrected chi connectivity index (χ1v) is 6.21. The van der Waals surface area contributed by atoms with Crippen LogP contribution in [0.3, 0.4) is 0 Å². The van der Waals surface area contributed by atoms with Crippen LogP contribution in [0, 0.1) is 0 Å². The van der Waals surface area contributed by atoms with Crippen molar-refractivity contribution >= 4 is 5.88 Å². The number of aromatic nitrogens is 2. The Labute approximate surface area is 112 Å². The third-order valence-electron chi connectivity index (χ3n) is 3.47. The number of imidazole rings is 1. The molecule has 1 aliphatic rings. The summed E-state index contributed by atoms with van der Waals surface area (Å²) in [7, 11) is 5.77. The lowest BCUT2D eigenvalue weighted by atomic mass is 9.93. The maximum Gasteiger partial charge on any atom is 0.195 e. The summed E-state index contributed by atoms with van der Waals surface area (Å²) in [4.78, 5) is 6.62. The largest absolute Gasteiger partial charge is 0.482 e. The Hall–Kier alpha value is -2.01. The molecule has 2 atom stereocenters. The highest BCUT2D eigenvalue weighted by Crippen LogP contribution is 2.40. The Balaban J connectivity index is 2.13. The molecule has 0 amide bonds. The van der Waals surface area contributed by atoms with Crippen LogP contribution in [0.15, 0.2) is 41.3 Å². The highest BCUT2D eigenvalue weighted by atomic mass is 16.5. The number of ether oxygens (including phenoxy) is 1. The average molecular weight is 259 g/mol. The van der Waals surface area contributed by atoms with E-state index in [4.69, 9.17) is 9.15 Å². The first kappa shape index (κ1) is 12.0. The third kappa shape index (κ3) is 1.86. The highest BCUT2D eigenvalue weighted by molar-refractivity contribution is 5.46. The van der Waals surface area contributed by atoms with E-state index >= 15 is 0 Å². The standard InChI is InChI=1S/C14H17N3O2/c1-16(2)13-10(11-5-4-8-19-11)9-12(18-3)17-7-6-15-14(13)17/h4-10,13H,1-3H3/t10-,13-/m1/s1. The van der Waals surface area contributed by atoms with Crippen molar-refractivity contribution in [3.63, 3.8) is 0 Å². The number of methoxy groups -OCH3 is 1. The molecule has 3 heterocycles. The van der Waals surface area contributed by atoms with Gasteiger partial charge in [0.2, 0.25) is 0 Å². The quantitative estimate of drug-likeness (QED) is 0.848. The van der Waals surface area contributed by atoms with Gasteiger partial charge in [0.25, 0.3) is 0 Å². The van der Waals surface area contributed by atoms with Crippen molar-refractivity contribution in [2.24, 2.45) is 0 Å². The third-order valence-corrected chi connectivity index (χ3v) is 3.47. The topological polar surface area (TPSA) is 43.4 Å². The fraction of sp³-hybridized carbons (Fsp3) is 0.357. The minimum Gasteiger partial charge on any atom is -0.482 e. The molecule has 3 rings (SSSR count). The molecule has 0 fully saturated rings. The maximum absolute atomic E-state index is 5.57. The number of hydrogen-bond donors (Lipinski definition) is 0. The normalized spacial score (nSPS) is 22.2. The lowest BCUT2D eigenvalue weighted by Gasteiger charge is -2.33. The monoisotopic (exact) mass is 259 g/mol. The van der Waals surface area contributed by atoms with Gasteiger partial charge in [-0.2, -0.15) is 0 Å². The number of nitrogens with zero attached hydrogens (tertiary/aromatic N) is 3. The molecular weight excluding hydrogens is 242 g/mol. The lowest BCUT2D eigenvalue weighted by Crippen LogP contribution is -2.31. The predicted octanol–water partition coefficient (Wildman–Crippen LogP) is 2.32. The summed E-state index contributed by atoms with van der Waals surface area (Å²) in [5.74, 6) is 2.76. The molecule has 0 spiro atoms. The van der Waals surface area contributed by atoms with Gasteiger partial charge in [0.1, 0.15) is 11.6 Å². The molecule has 19 heavy (non-hydrogen) atoms. The van der Waals surface area contributed by atoms with E-state index in [0.717, 1.165) is 17.5 Å². The van der Waals surface area contributed by atoms with Crippen LogP contribution >= 0.6 is 0 Å². The van der Waals surface area contributed by atoms with Crippen LogP contribution in [0.1, 0.15) is 23.5 Å². The molecule has 0 radical (unpaired) electrons. The smallest absolute Gasteiger partial charge is 0.195 e. The van der Waals surface area contributed by atoms with Crippen LogP contribution in [0.5, 0.6) is 0 Å². The van der Waals surface area contributed by atoms with Gasteiger partial charge in [0.15, 0.2) is 5.88 Å². The summed E-state index contributed by atoms with van der Waals surface area (Å²) < 4.78 is 13.0. The van der Waals surface area contributed by atoms with Crippen LogP contribution in [-0.2, 0) is 4.74 Å². The Morgan fingerprint density at radius 1 is 1.42 bits per heavy atom. The van der Waals surface area contributed by atoms with Crippen molar-refractivity contribution in [1.82, 2.24) is 14.5 Å². The molecule has 0 aliphatic carbocycles. The van der Waals surface area contributed by atoms with E-state index in [2.05, 4.69) is 16.0 Å². The van der Waals surface area contributed by atoms with Gasteiger partial charge in [0.05, 0.1) is 25.3 Å². The van der Waals surface area contributed by atoms with E-state index < -0.39 is 0 Å². The number of fused-ring (bicyclic) bond motifs is 1. The van der Waals surface area contributed by atoms with Crippen LogP contribution in [0.4, 0.5) is 0 Å². The summed E-state index contributed by atoms with van der Waals surface area (Å²) in [5.41, 5.74) is 0. The fourth-order valence-electron chi connectivity index (χ4n) is 2.64. The maximum atomic E-state index is 5.57. The molecule has 0 N–H and O–H groups in total. The number of hydrogen-bond acceptors (Lipinski definition) is 4. The van der Waals surface area contributed by atoms with Gasteiger partial charge in [-0.15, -0.1) is 0 Å². The van der Waals surface area contributed by atoms with Gasteiger partial charge in [-0.3, -0.25) is 9.47 Å². The second-order valence-corrected chi connectivity index (χ2v) is 4.81. The van der Waals surface area contributed by atoms with Crippen LogP contribution in [0.2, 0.25) is 0 Å². The Kier molecular flexibility index (Phi) is 2.91. The van der Waals surface area contributed by atoms with Crippen molar-refractivity contribution in [2.75, 3.05) is 21.2 Å². The highest BCUT2D eigenvalue weighted by Gasteiger charge is 2.35. The second-order valence-electron chi connectivity index (χ2n) is 4.81. The van der Waals surface area contributed by atoms with Crippen LogP contribution in [-0.4, -0.2) is 35.7 Å². The van der Waals surface area contributed by atoms with Crippen molar-refractivity contribution in [3.8, 4) is 0 Å². The SMILES string of the molecule is COC1=C[C@H](c2ccco2)[C@@H](N(C)C)c2nccn21. The van der Waals surface area contributed by atoms with E-state index in [1.807, 2.05) is 37.0 Å². The Bertz CT molecular complexity index is 584. The fourth-order valence-corrected chi connectivity index (χ4v) is 2.64. The number of furan rings is 1. The molecule has 2 aromatic heterocycles. The van der Waals surface area contributed by atoms with Crippen molar-refractivity contribution in [3.05, 3.63) is 48.5 Å². The average Bonchev–Trinajstić information content (AvgIpc) is 3.06. The molecule has 0 aromatic carbocycles. The lowest BCUT2D eigenvalue weighted by molar-refractivity contribution is 0.230. The van der Waals surface area contributed by atoms with Gasteiger partial charge in [-0.25, -0.2) is 4.98 Å². The minimum absolute atomic E-state index is 0.0925. The molecule has 0 unspecified atom stereocenters. The molecule has 5 nitrogen and oxygen atoms in total. The molecule has 0 saturated heterocycles. The number of rotatable bonds is 3. The summed E-state index contributed by atoms with van der Waals surface area (Å²) in [5, 5.41) is 0. The van der Waals surface area contributed by atoms with E-state index in [9.17, 15) is 0 Å². The zero-order valence-corrected chi connectivity index (χ0v) is 11.3. The van der Waals surface area contributed by atoms with Crippen LogP contribution in [0.25, 0.3) is 5.88 Å². The zero-order valence-electron chi connectivity index (χ0n) is 11.3. The Morgan fingerprint density at radius 2 is 2.26 bits per heavy atom. The molecule has 5 heteroatoms. The first-order chi connectivity index (χ1) is 9.22. The molecule has 1 aliphatic heterocycles. The molecular formula is C14H17N3O2. The Morgan fingerprint density at radius 3 is 2.89 bits per heavy atom. The minimum atomic E-state index is 0.0925. The summed E-state index contributed by atoms with van der Waals surface area (Å²) in [6.07, 6.45) is 7.49. The zero-order chi connectivity index (χ0) is 13.4. The molecule has 0 bridgehead atoms. The summed E-state index contributed by atoms with van der Waals surface area (Å²) in [6.45, 7) is 0. The van der Waals surface area contributed by atoms with Gasteiger partial charge in [-0.05, 0) is 32.3 Å². The van der Waals surface area contributed by atoms with E-state index in [0.29, 0.717) is 0 Å². The molecule has 0 saturated carbocycles. The number of likely N-dealkylation sites (N-methyl/N-ethyl adjacent to an activating group) is 1. The van der Waals surface area contributed by atoms with Gasteiger partial charge < -0.3 is 9.15 Å². The van der Waals surface area contributed by atoms with E-state index in [-0.39, 0.29) is 12.0 Å². The predicted molar refractivity (Wildman–Crippen MR) is 71.4 cm³/mol. The summed E-state index contributed by atoms with van der Waals surface area (Å²) in [6, 6.07) is 4.02. The second kappa shape index (κ2) is 4.59. The molecule has 100 valence electrons. The van der Waals surface area contributed by atoms with E-state index in [1.165, 1.54) is 0 Å². The van der Waals surface area contributed by atoms with Crippen LogP contribution < -0.4 is 0 Å². The van der Waals surface area contributed by atoms with Crippen molar-refractivity contribution in [1.29, 1.82) is 0 Å². The van der Waals surface area contributed by atoms with Crippen molar-refractivity contribution in [2.45, 2.75) is 12.0 Å². The van der Waals surface area contributed by atoms with Gasteiger partial charge in [-0.1, -0.05) is 0 Å². The molecule has 2 aromatic rings. The first-order valence-electron chi connectivity index (χ1n) is 6.21. The summed E-state index contributed by atoms with van der Waals surface area (Å²) >= 11 is 0. The van der Waals surface area contributed by atoms with Gasteiger partial charge >= 0.3 is 0 Å². The van der Waals surface area contributed by atoms with E-state index in [1.54, 1.807) is 19.6 Å².